The summed E-state index contributed by atoms with van der Waals surface area (Å²) in [6.07, 6.45) is 0.641. The Hall–Kier alpha value is -2.04. The molecule has 0 spiro atoms. The molecule has 0 amide bonds. The first-order chi connectivity index (χ1) is 14.8. The minimum absolute atomic E-state index is 0. The molecule has 0 bridgehead atoms. The molecule has 0 saturated heterocycles. The summed E-state index contributed by atoms with van der Waals surface area (Å²) in [5, 5.41) is 16.2. The molecule has 2 aromatic rings. The Morgan fingerprint density at radius 3 is 2.19 bits per heavy atom. The molecule has 10 heteroatoms. The van der Waals surface area contributed by atoms with Crippen LogP contribution in [0.5, 0.6) is 17.2 Å². The van der Waals surface area contributed by atoms with E-state index in [0.29, 0.717) is 31.9 Å². The number of primary sulfonamides is 1. The molecule has 0 saturated carbocycles. The van der Waals surface area contributed by atoms with Gasteiger partial charge in [0.15, 0.2) is 11.5 Å². The average Bonchev–Trinajstić information content (AvgIpc) is 2.72. The summed E-state index contributed by atoms with van der Waals surface area (Å²) < 4.78 is 39.9. The number of methoxy groups -OCH3 is 1. The molecular weight excluding hydrogens is 456 g/mol. The number of nitrogens with two attached hydrogens (primary N) is 1. The third-order valence-corrected chi connectivity index (χ3v) is 5.01. The number of benzene rings is 2. The van der Waals surface area contributed by atoms with Crippen LogP contribution in [0.15, 0.2) is 47.4 Å². The van der Waals surface area contributed by atoms with Gasteiger partial charge in [-0.1, -0.05) is 18.2 Å². The molecule has 32 heavy (non-hydrogen) atoms. The predicted molar refractivity (Wildman–Crippen MR) is 129 cm³/mol. The van der Waals surface area contributed by atoms with Gasteiger partial charge in [-0.05, 0) is 57.0 Å². The maximum Gasteiger partial charge on any atom is 0.241 e. The number of rotatable bonds is 11. The van der Waals surface area contributed by atoms with Gasteiger partial charge < -0.3 is 24.6 Å². The van der Waals surface area contributed by atoms with E-state index in [0.717, 1.165) is 11.3 Å². The SMILES string of the molecule is CCO.CCOc1ccccc1OCCNC(C)Cc1ccc(OC)c(S(N)(=O)=O)c1.Cl. The van der Waals surface area contributed by atoms with E-state index >= 15 is 0 Å². The van der Waals surface area contributed by atoms with E-state index in [9.17, 15) is 8.42 Å². The molecular formula is C22H35ClN2O6S. The monoisotopic (exact) mass is 490 g/mol. The number of sulfonamides is 1. The second-order valence-corrected chi connectivity index (χ2v) is 8.16. The van der Waals surface area contributed by atoms with Crippen LogP contribution in [0.25, 0.3) is 0 Å². The van der Waals surface area contributed by atoms with Crippen molar-refractivity contribution in [1.82, 2.24) is 5.32 Å². The quantitative estimate of drug-likeness (QED) is 0.414. The van der Waals surface area contributed by atoms with Gasteiger partial charge in [-0.15, -0.1) is 12.4 Å². The molecule has 0 aliphatic rings. The molecule has 0 heterocycles. The number of aliphatic hydroxyl groups is 1. The average molecular weight is 491 g/mol. The Kier molecular flexibility index (Phi) is 14.7. The fourth-order valence-corrected chi connectivity index (χ4v) is 3.55. The van der Waals surface area contributed by atoms with Gasteiger partial charge in [0.1, 0.15) is 17.3 Å². The highest BCUT2D eigenvalue weighted by Crippen LogP contribution is 2.26. The third kappa shape index (κ3) is 10.5. The number of ether oxygens (including phenoxy) is 3. The summed E-state index contributed by atoms with van der Waals surface area (Å²) in [5.41, 5.74) is 0.854. The number of hydrogen-bond acceptors (Lipinski definition) is 7. The number of nitrogens with one attached hydrogen (secondary N) is 1. The van der Waals surface area contributed by atoms with Crippen molar-refractivity contribution < 1.29 is 27.7 Å². The molecule has 4 N–H and O–H groups in total. The lowest BCUT2D eigenvalue weighted by Gasteiger charge is -2.16. The minimum atomic E-state index is -3.84. The summed E-state index contributed by atoms with van der Waals surface area (Å²) in [6.45, 7) is 7.59. The van der Waals surface area contributed by atoms with Crippen molar-refractivity contribution in [2.24, 2.45) is 5.14 Å². The molecule has 2 rings (SSSR count). The van der Waals surface area contributed by atoms with Crippen LogP contribution in [0.1, 0.15) is 26.3 Å². The Bertz CT molecular complexity index is 896. The number of halogens is 1. The molecule has 1 atom stereocenters. The predicted octanol–water partition coefficient (Wildman–Crippen LogP) is 2.76. The van der Waals surface area contributed by atoms with Crippen LogP contribution in [0.4, 0.5) is 0 Å². The number of aliphatic hydroxyl groups excluding tert-OH is 1. The van der Waals surface area contributed by atoms with Crippen molar-refractivity contribution in [2.75, 3.05) is 33.5 Å². The van der Waals surface area contributed by atoms with E-state index in [1.807, 2.05) is 44.2 Å². The Balaban J connectivity index is 0.00000227. The van der Waals surface area contributed by atoms with Crippen molar-refractivity contribution >= 4 is 22.4 Å². The van der Waals surface area contributed by atoms with Gasteiger partial charge in [0, 0.05) is 19.2 Å². The van der Waals surface area contributed by atoms with E-state index in [4.69, 9.17) is 24.5 Å². The van der Waals surface area contributed by atoms with Crippen LogP contribution in [-0.4, -0.2) is 53.0 Å². The fraction of sp³-hybridized carbons (Fsp3) is 0.455. The third-order valence-electron chi connectivity index (χ3n) is 4.08. The van der Waals surface area contributed by atoms with Gasteiger partial charge in [-0.25, -0.2) is 13.6 Å². The summed E-state index contributed by atoms with van der Waals surface area (Å²) >= 11 is 0. The first kappa shape index (κ1) is 30.0. The molecule has 1 unspecified atom stereocenters. The highest BCUT2D eigenvalue weighted by atomic mass is 35.5. The smallest absolute Gasteiger partial charge is 0.241 e. The van der Waals surface area contributed by atoms with Gasteiger partial charge in [-0.3, -0.25) is 0 Å². The number of hydrogen-bond donors (Lipinski definition) is 3. The maximum atomic E-state index is 11.7. The summed E-state index contributed by atoms with van der Waals surface area (Å²) in [7, 11) is -2.43. The Labute approximate surface area is 197 Å². The molecule has 182 valence electrons. The highest BCUT2D eigenvalue weighted by Gasteiger charge is 2.16. The van der Waals surface area contributed by atoms with Gasteiger partial charge in [0.25, 0.3) is 0 Å². The topological polar surface area (TPSA) is 120 Å². The second-order valence-electron chi connectivity index (χ2n) is 6.63. The zero-order chi connectivity index (χ0) is 23.3. The lowest BCUT2D eigenvalue weighted by atomic mass is 10.1. The molecule has 0 aromatic heterocycles. The highest BCUT2D eigenvalue weighted by molar-refractivity contribution is 7.89. The first-order valence-electron chi connectivity index (χ1n) is 10.1. The van der Waals surface area contributed by atoms with Crippen LogP contribution in [0.3, 0.4) is 0 Å². The fourth-order valence-electron chi connectivity index (χ4n) is 2.81. The molecule has 0 aliphatic heterocycles. The van der Waals surface area contributed by atoms with Crippen LogP contribution in [-0.2, 0) is 16.4 Å². The van der Waals surface area contributed by atoms with E-state index in [1.54, 1.807) is 19.1 Å². The van der Waals surface area contributed by atoms with Gasteiger partial charge in [-0.2, -0.15) is 0 Å². The zero-order valence-electron chi connectivity index (χ0n) is 19.0. The minimum Gasteiger partial charge on any atom is -0.495 e. The molecule has 0 aliphatic carbocycles. The van der Waals surface area contributed by atoms with E-state index in [1.165, 1.54) is 7.11 Å². The largest absolute Gasteiger partial charge is 0.495 e. The Morgan fingerprint density at radius 1 is 1.06 bits per heavy atom. The maximum absolute atomic E-state index is 11.7. The van der Waals surface area contributed by atoms with Crippen molar-refractivity contribution in [2.45, 2.75) is 38.1 Å². The summed E-state index contributed by atoms with van der Waals surface area (Å²) in [4.78, 5) is -0.00411. The Morgan fingerprint density at radius 2 is 1.66 bits per heavy atom. The molecule has 8 nitrogen and oxygen atoms in total. The molecule has 2 aromatic carbocycles. The first-order valence-corrected chi connectivity index (χ1v) is 11.7. The van der Waals surface area contributed by atoms with Crippen LogP contribution in [0, 0.1) is 0 Å². The normalized spacial score (nSPS) is 11.4. The van der Waals surface area contributed by atoms with Gasteiger partial charge >= 0.3 is 0 Å². The van der Waals surface area contributed by atoms with E-state index in [2.05, 4.69) is 5.32 Å². The summed E-state index contributed by atoms with van der Waals surface area (Å²) in [5.74, 6) is 1.69. The summed E-state index contributed by atoms with van der Waals surface area (Å²) in [6, 6.07) is 12.7. The second kappa shape index (κ2) is 15.7. The van der Waals surface area contributed by atoms with Crippen LogP contribution in [0.2, 0.25) is 0 Å². The van der Waals surface area contributed by atoms with E-state index in [-0.39, 0.29) is 35.7 Å². The van der Waals surface area contributed by atoms with Crippen molar-refractivity contribution in [1.29, 1.82) is 0 Å². The standard InChI is InChI=1S/C20H28N2O5S.C2H6O.ClH/c1-4-26-17-7-5-6-8-18(17)27-12-11-22-15(2)13-16-9-10-19(25-3)20(14-16)28(21,23)24;1-2-3;/h5-10,14-15,22H,4,11-13H2,1-3H3,(H2,21,23,24);3H,2H2,1H3;1H. The van der Waals surface area contributed by atoms with Crippen molar-refractivity contribution in [3.63, 3.8) is 0 Å². The van der Waals surface area contributed by atoms with Gasteiger partial charge in [0.05, 0.1) is 13.7 Å². The van der Waals surface area contributed by atoms with Crippen LogP contribution < -0.4 is 24.7 Å². The van der Waals surface area contributed by atoms with Crippen molar-refractivity contribution in [3.05, 3.63) is 48.0 Å². The van der Waals surface area contributed by atoms with Crippen LogP contribution >= 0.6 is 12.4 Å². The van der Waals surface area contributed by atoms with E-state index < -0.39 is 10.0 Å². The molecule has 0 fully saturated rings. The lowest BCUT2D eigenvalue weighted by molar-refractivity contribution is 0.272. The lowest BCUT2D eigenvalue weighted by Crippen LogP contribution is -2.32. The van der Waals surface area contributed by atoms with Crippen molar-refractivity contribution in [3.8, 4) is 17.2 Å². The van der Waals surface area contributed by atoms with Gasteiger partial charge in [0.2, 0.25) is 10.0 Å². The zero-order valence-corrected chi connectivity index (χ0v) is 20.7. The number of para-hydroxylation sites is 2. The molecule has 0 radical (unpaired) electrons.